The maximum Gasteiger partial charge on any atom is 0.417 e. The van der Waals surface area contributed by atoms with Crippen LogP contribution in [-0.2, 0) is 0 Å². The molecule has 1 unspecified atom stereocenters. The van der Waals surface area contributed by atoms with Crippen LogP contribution in [-0.4, -0.2) is 11.6 Å². The summed E-state index contributed by atoms with van der Waals surface area (Å²) in [6.45, 7) is 2.51. The number of hydrogen-bond donors (Lipinski definition) is 2. The number of nitrogens with two attached hydrogens (primary N) is 1. The minimum atomic E-state index is -0.467. The molecule has 0 fully saturated rings. The third kappa shape index (κ3) is 2.55. The number of ether oxygens (including phenoxy) is 1. The van der Waals surface area contributed by atoms with Gasteiger partial charge in [0, 0.05) is 5.56 Å². The maximum atomic E-state index is 11.2. The van der Waals surface area contributed by atoms with E-state index in [1.807, 2.05) is 37.3 Å². The molecular weight excluding hydrogens is 268 g/mol. The molecule has 21 heavy (non-hydrogen) atoms. The zero-order valence-corrected chi connectivity index (χ0v) is 11.6. The van der Waals surface area contributed by atoms with Crippen molar-refractivity contribution >= 4 is 11.1 Å². The fourth-order valence-corrected chi connectivity index (χ4v) is 2.36. The minimum Gasteiger partial charge on any atom is -0.494 e. The van der Waals surface area contributed by atoms with Crippen molar-refractivity contribution in [1.29, 1.82) is 0 Å². The van der Waals surface area contributed by atoms with E-state index in [0.717, 1.165) is 16.9 Å². The van der Waals surface area contributed by atoms with Crippen molar-refractivity contribution in [3.05, 3.63) is 64.1 Å². The van der Waals surface area contributed by atoms with Gasteiger partial charge < -0.3 is 14.9 Å². The van der Waals surface area contributed by atoms with E-state index in [2.05, 4.69) is 4.98 Å². The predicted octanol–water partition coefficient (Wildman–Crippen LogP) is 2.57. The Morgan fingerprint density at radius 2 is 2.10 bits per heavy atom. The van der Waals surface area contributed by atoms with Gasteiger partial charge in [0.1, 0.15) is 5.75 Å². The van der Waals surface area contributed by atoms with Crippen molar-refractivity contribution in [2.45, 2.75) is 13.0 Å². The molecule has 3 rings (SSSR count). The molecule has 2 aromatic carbocycles. The van der Waals surface area contributed by atoms with E-state index in [-0.39, 0.29) is 6.04 Å². The van der Waals surface area contributed by atoms with Gasteiger partial charge in [0.15, 0.2) is 5.58 Å². The average molecular weight is 284 g/mol. The van der Waals surface area contributed by atoms with Crippen molar-refractivity contribution < 1.29 is 9.15 Å². The summed E-state index contributed by atoms with van der Waals surface area (Å²) in [6, 6.07) is 12.8. The van der Waals surface area contributed by atoms with Crippen LogP contribution in [0.25, 0.3) is 11.1 Å². The number of rotatable bonds is 4. The van der Waals surface area contributed by atoms with Crippen LogP contribution < -0.4 is 16.2 Å². The molecule has 3 N–H and O–H groups in total. The Kier molecular flexibility index (Phi) is 3.50. The Morgan fingerprint density at radius 1 is 1.29 bits per heavy atom. The van der Waals surface area contributed by atoms with Crippen molar-refractivity contribution in [3.63, 3.8) is 0 Å². The lowest BCUT2D eigenvalue weighted by Crippen LogP contribution is -2.13. The highest BCUT2D eigenvalue weighted by Gasteiger charge is 2.15. The molecule has 0 saturated heterocycles. The van der Waals surface area contributed by atoms with Gasteiger partial charge in [-0.1, -0.05) is 24.3 Å². The Hall–Kier alpha value is -2.53. The van der Waals surface area contributed by atoms with Crippen LogP contribution in [0.1, 0.15) is 24.1 Å². The third-order valence-electron chi connectivity index (χ3n) is 3.36. The Morgan fingerprint density at radius 3 is 2.90 bits per heavy atom. The van der Waals surface area contributed by atoms with Gasteiger partial charge in [0.05, 0.1) is 18.2 Å². The van der Waals surface area contributed by atoms with Gasteiger partial charge in [-0.05, 0) is 30.7 Å². The number of fused-ring (bicyclic) bond motifs is 1. The van der Waals surface area contributed by atoms with Crippen LogP contribution in [0.4, 0.5) is 0 Å². The summed E-state index contributed by atoms with van der Waals surface area (Å²) >= 11 is 0. The molecular formula is C16H16N2O3. The molecule has 0 aliphatic heterocycles. The fourth-order valence-electron chi connectivity index (χ4n) is 2.36. The van der Waals surface area contributed by atoms with E-state index in [9.17, 15) is 4.79 Å². The van der Waals surface area contributed by atoms with Crippen LogP contribution in [0.3, 0.4) is 0 Å². The van der Waals surface area contributed by atoms with E-state index in [4.69, 9.17) is 14.9 Å². The first-order valence-electron chi connectivity index (χ1n) is 6.79. The van der Waals surface area contributed by atoms with Gasteiger partial charge in [-0.15, -0.1) is 0 Å². The van der Waals surface area contributed by atoms with Crippen LogP contribution in [0.5, 0.6) is 5.75 Å². The molecule has 1 atom stereocenters. The number of H-pyrrole nitrogens is 1. The molecule has 1 aromatic heterocycles. The molecule has 0 saturated carbocycles. The summed E-state index contributed by atoms with van der Waals surface area (Å²) in [5.41, 5.74) is 9.26. The van der Waals surface area contributed by atoms with Gasteiger partial charge >= 0.3 is 5.76 Å². The highest BCUT2D eigenvalue weighted by atomic mass is 16.5. The van der Waals surface area contributed by atoms with Crippen LogP contribution in [0.2, 0.25) is 0 Å². The Labute approximate surface area is 121 Å². The second kappa shape index (κ2) is 5.46. The molecule has 3 aromatic rings. The summed E-state index contributed by atoms with van der Waals surface area (Å²) in [4.78, 5) is 13.8. The van der Waals surface area contributed by atoms with Crippen molar-refractivity contribution in [2.24, 2.45) is 5.73 Å². The molecule has 108 valence electrons. The van der Waals surface area contributed by atoms with Crippen LogP contribution in [0, 0.1) is 0 Å². The highest BCUT2D eigenvalue weighted by Crippen LogP contribution is 2.29. The number of para-hydroxylation sites is 1. The van der Waals surface area contributed by atoms with Gasteiger partial charge in [-0.25, -0.2) is 4.79 Å². The summed E-state index contributed by atoms with van der Waals surface area (Å²) in [6.07, 6.45) is 0. The highest BCUT2D eigenvalue weighted by molar-refractivity contribution is 5.73. The summed E-state index contributed by atoms with van der Waals surface area (Å²) in [5.74, 6) is 0.300. The molecule has 1 heterocycles. The lowest BCUT2D eigenvalue weighted by atomic mass is 9.98. The zero-order chi connectivity index (χ0) is 14.8. The lowest BCUT2D eigenvalue weighted by molar-refractivity contribution is 0.335. The number of oxazole rings is 1. The van der Waals surface area contributed by atoms with Gasteiger partial charge in [-0.3, -0.25) is 4.98 Å². The molecule has 0 bridgehead atoms. The standard InChI is InChI=1S/C16H16N2O3/c1-2-20-13-6-4-3-5-11(13)15(17)10-7-8-12-14(9-10)21-16(19)18-12/h3-9,15H,2,17H2,1H3,(H,18,19). The number of nitrogens with one attached hydrogen (secondary N) is 1. The van der Waals surface area contributed by atoms with E-state index in [1.165, 1.54) is 0 Å². The zero-order valence-electron chi connectivity index (χ0n) is 11.6. The monoisotopic (exact) mass is 284 g/mol. The van der Waals surface area contributed by atoms with Gasteiger partial charge in [0.2, 0.25) is 0 Å². The Balaban J connectivity index is 2.03. The summed E-state index contributed by atoms with van der Waals surface area (Å²) < 4.78 is 10.7. The number of aromatic nitrogens is 1. The molecule has 5 heteroatoms. The first-order valence-corrected chi connectivity index (χ1v) is 6.79. The van der Waals surface area contributed by atoms with E-state index in [1.54, 1.807) is 12.1 Å². The van der Waals surface area contributed by atoms with Crippen LogP contribution in [0.15, 0.2) is 51.7 Å². The van der Waals surface area contributed by atoms with Crippen molar-refractivity contribution in [3.8, 4) is 5.75 Å². The number of benzene rings is 2. The molecule has 0 amide bonds. The molecule has 0 aliphatic rings. The largest absolute Gasteiger partial charge is 0.494 e. The normalized spacial score (nSPS) is 12.5. The second-order valence-corrected chi connectivity index (χ2v) is 4.72. The van der Waals surface area contributed by atoms with Gasteiger partial charge in [0.25, 0.3) is 0 Å². The van der Waals surface area contributed by atoms with E-state index >= 15 is 0 Å². The third-order valence-corrected chi connectivity index (χ3v) is 3.36. The maximum absolute atomic E-state index is 11.2. The average Bonchev–Trinajstić information content (AvgIpc) is 2.86. The van der Waals surface area contributed by atoms with Gasteiger partial charge in [-0.2, -0.15) is 0 Å². The number of hydrogen-bond acceptors (Lipinski definition) is 4. The van der Waals surface area contributed by atoms with Crippen molar-refractivity contribution in [1.82, 2.24) is 4.98 Å². The van der Waals surface area contributed by atoms with Crippen LogP contribution >= 0.6 is 0 Å². The first-order chi connectivity index (χ1) is 10.2. The SMILES string of the molecule is CCOc1ccccc1C(N)c1ccc2[nH]c(=O)oc2c1. The van der Waals surface area contributed by atoms with Crippen molar-refractivity contribution in [2.75, 3.05) is 6.61 Å². The Bertz CT molecular complexity index is 820. The fraction of sp³-hybridized carbons (Fsp3) is 0.188. The molecule has 0 radical (unpaired) electrons. The van der Waals surface area contributed by atoms with E-state index < -0.39 is 5.76 Å². The molecule has 0 spiro atoms. The summed E-state index contributed by atoms with van der Waals surface area (Å²) in [5, 5.41) is 0. The lowest BCUT2D eigenvalue weighted by Gasteiger charge is -2.16. The topological polar surface area (TPSA) is 81.2 Å². The molecule has 0 aliphatic carbocycles. The quantitative estimate of drug-likeness (QED) is 0.771. The van der Waals surface area contributed by atoms with E-state index in [0.29, 0.717) is 17.7 Å². The second-order valence-electron chi connectivity index (χ2n) is 4.72. The summed E-state index contributed by atoms with van der Waals surface area (Å²) in [7, 11) is 0. The number of aromatic amines is 1. The minimum absolute atomic E-state index is 0.350. The molecule has 5 nitrogen and oxygen atoms in total. The smallest absolute Gasteiger partial charge is 0.417 e. The predicted molar refractivity (Wildman–Crippen MR) is 80.5 cm³/mol. The first kappa shape index (κ1) is 13.5.